The lowest BCUT2D eigenvalue weighted by molar-refractivity contribution is -0.183. The number of rotatable bonds is 12. The molecule has 0 radical (unpaired) electrons. The van der Waals surface area contributed by atoms with Gasteiger partial charge in [0.05, 0.1) is 31.9 Å². The van der Waals surface area contributed by atoms with Crippen LogP contribution in [0.2, 0.25) is 23.2 Å². The highest BCUT2D eigenvalue weighted by atomic mass is 35.5. The summed E-state index contributed by atoms with van der Waals surface area (Å²) in [6.07, 6.45) is -4.18. The van der Waals surface area contributed by atoms with Crippen molar-refractivity contribution >= 4 is 31.9 Å². The third kappa shape index (κ3) is 9.58. The molecule has 4 atom stereocenters. The first-order valence-electron chi connectivity index (χ1n) is 15.0. The quantitative estimate of drug-likeness (QED) is 0.251. The maximum atomic E-state index is 15.2. The molecule has 1 aliphatic rings. The summed E-state index contributed by atoms with van der Waals surface area (Å²) in [5, 5.41) is 0.474. The Morgan fingerprint density at radius 2 is 1.76 bits per heavy atom. The predicted octanol–water partition coefficient (Wildman–Crippen LogP) is 4.43. The molecule has 2 unspecified atom stereocenters. The zero-order valence-corrected chi connectivity index (χ0v) is 29.4. The Bertz CT molecular complexity index is 1500. The Morgan fingerprint density at radius 3 is 2.33 bits per heavy atom. The van der Waals surface area contributed by atoms with Gasteiger partial charge in [0.15, 0.2) is 8.32 Å². The monoisotopic (exact) mass is 685 g/mol. The maximum Gasteiger partial charge on any atom is 0.370 e. The van der Waals surface area contributed by atoms with Crippen molar-refractivity contribution in [3.05, 3.63) is 67.7 Å². The zero-order valence-electron chi connectivity index (χ0n) is 27.6. The summed E-state index contributed by atoms with van der Waals surface area (Å²) in [6, 6.07) is 7.10. The van der Waals surface area contributed by atoms with Crippen molar-refractivity contribution in [2.24, 2.45) is 5.73 Å². The molecular weight excluding hydrogens is 641 g/mol. The Balaban J connectivity index is 2.01. The van der Waals surface area contributed by atoms with E-state index in [1.165, 1.54) is 0 Å². The first kappa shape index (κ1) is 37.6. The average molecular weight is 686 g/mol. The largest absolute Gasteiger partial charge is 0.456 e. The number of hydrogen-bond acceptors (Lipinski definition) is 10. The summed E-state index contributed by atoms with van der Waals surface area (Å²) in [7, 11) is -2.24. The number of benzene rings is 1. The fourth-order valence-electron chi connectivity index (χ4n) is 4.32. The minimum Gasteiger partial charge on any atom is -0.456 e. The third-order valence-corrected chi connectivity index (χ3v) is 12.6. The van der Waals surface area contributed by atoms with Crippen molar-refractivity contribution in [1.82, 2.24) is 9.13 Å². The molecule has 0 bridgehead atoms. The van der Waals surface area contributed by atoms with E-state index in [0.29, 0.717) is 11.2 Å². The molecule has 2 heterocycles. The highest BCUT2D eigenvalue weighted by Crippen LogP contribution is 2.38. The molecule has 1 saturated heterocycles. The molecule has 1 aliphatic heterocycles. The van der Waals surface area contributed by atoms with E-state index in [4.69, 9.17) is 40.7 Å². The standard InChI is InChI=1S/C31H45ClFN3O9Si/c1-30(2,3)45-28(39)27(44-25(37)13-14-34)36-26(38)21(33)16-35(29(36)40)24-15-22(41-17-19-9-11-20(32)12-10-19)23(43-24)18-42-46(7,8)31(4,5)6/h9-12,16,22-24,27H,13-15,17-18,34H2,1-8H3/t22?,23-,24-,27?/m0/s1. The van der Waals surface area contributed by atoms with Crippen molar-refractivity contribution in [1.29, 1.82) is 0 Å². The van der Waals surface area contributed by atoms with Crippen molar-refractivity contribution in [2.45, 2.75) is 109 Å². The van der Waals surface area contributed by atoms with Gasteiger partial charge in [0.2, 0.25) is 5.82 Å². The molecule has 1 aromatic carbocycles. The number of nitrogens with zero attached hydrogens (tertiary/aromatic N) is 2. The van der Waals surface area contributed by atoms with Crippen molar-refractivity contribution in [3.8, 4) is 0 Å². The average Bonchev–Trinajstić information content (AvgIpc) is 3.34. The molecule has 2 aromatic rings. The number of ether oxygens (including phenoxy) is 4. The maximum absolute atomic E-state index is 15.2. The number of halogens is 2. The van der Waals surface area contributed by atoms with Crippen LogP contribution in [0.3, 0.4) is 0 Å². The van der Waals surface area contributed by atoms with E-state index in [2.05, 4.69) is 33.9 Å². The van der Waals surface area contributed by atoms with Crippen molar-refractivity contribution in [3.63, 3.8) is 0 Å². The Hall–Kier alpha value is -2.88. The first-order valence-corrected chi connectivity index (χ1v) is 18.3. The number of hydrogen-bond donors (Lipinski definition) is 1. The number of carbonyl (C=O) groups is 2. The molecule has 0 aliphatic carbocycles. The smallest absolute Gasteiger partial charge is 0.370 e. The van der Waals surface area contributed by atoms with E-state index in [0.717, 1.165) is 10.1 Å². The van der Waals surface area contributed by atoms with E-state index in [9.17, 15) is 19.2 Å². The topological polar surface area (TPSA) is 150 Å². The minimum atomic E-state index is -2.24. The number of carbonyl (C=O) groups excluding carboxylic acids is 2. The number of esters is 2. The van der Waals surface area contributed by atoms with Crippen LogP contribution in [0.25, 0.3) is 0 Å². The summed E-state index contributed by atoms with van der Waals surface area (Å²) >= 11 is 6.01. The van der Waals surface area contributed by atoms with Crippen molar-refractivity contribution < 1.29 is 37.4 Å². The van der Waals surface area contributed by atoms with Crippen LogP contribution in [0, 0.1) is 5.82 Å². The van der Waals surface area contributed by atoms with Gasteiger partial charge < -0.3 is 29.1 Å². The highest BCUT2D eigenvalue weighted by molar-refractivity contribution is 6.74. The van der Waals surface area contributed by atoms with Gasteiger partial charge in [-0.3, -0.25) is 14.2 Å². The predicted molar refractivity (Wildman–Crippen MR) is 171 cm³/mol. The van der Waals surface area contributed by atoms with Crippen LogP contribution < -0.4 is 17.0 Å². The fraction of sp³-hybridized carbons (Fsp3) is 0.613. The zero-order chi connectivity index (χ0) is 34.6. The van der Waals surface area contributed by atoms with Gasteiger partial charge in [-0.25, -0.2) is 14.2 Å². The summed E-state index contributed by atoms with van der Waals surface area (Å²) in [5.74, 6) is -3.62. The number of nitrogens with two attached hydrogens (primary N) is 1. The Morgan fingerprint density at radius 1 is 1.13 bits per heavy atom. The molecule has 1 aromatic heterocycles. The Labute approximate surface area is 274 Å². The van der Waals surface area contributed by atoms with Crippen LogP contribution in [0.1, 0.15) is 72.4 Å². The molecule has 3 rings (SSSR count). The molecule has 46 heavy (non-hydrogen) atoms. The van der Waals surface area contributed by atoms with Gasteiger partial charge in [0.1, 0.15) is 17.9 Å². The lowest BCUT2D eigenvalue weighted by atomic mass is 10.1. The van der Waals surface area contributed by atoms with Gasteiger partial charge >= 0.3 is 17.6 Å². The van der Waals surface area contributed by atoms with Gasteiger partial charge in [0, 0.05) is 18.0 Å². The van der Waals surface area contributed by atoms with E-state index in [1.54, 1.807) is 32.9 Å². The summed E-state index contributed by atoms with van der Waals surface area (Å²) < 4.78 is 45.6. The van der Waals surface area contributed by atoms with Crippen LogP contribution in [0.15, 0.2) is 40.1 Å². The van der Waals surface area contributed by atoms with E-state index in [-0.39, 0.29) is 42.2 Å². The number of aromatic nitrogens is 2. The van der Waals surface area contributed by atoms with E-state index < -0.39 is 67.6 Å². The summed E-state index contributed by atoms with van der Waals surface area (Å²) in [4.78, 5) is 52.3. The third-order valence-electron chi connectivity index (χ3n) is 7.82. The van der Waals surface area contributed by atoms with Crippen LogP contribution in [0.5, 0.6) is 0 Å². The molecule has 256 valence electrons. The van der Waals surface area contributed by atoms with Gasteiger partial charge in [-0.05, 0) is 56.6 Å². The molecule has 0 spiro atoms. The Kier molecular flexibility index (Phi) is 12.2. The second-order valence-electron chi connectivity index (χ2n) is 13.7. The molecule has 15 heteroatoms. The molecular formula is C31H45ClFN3O9Si. The van der Waals surface area contributed by atoms with Gasteiger partial charge in [-0.1, -0.05) is 44.5 Å². The second-order valence-corrected chi connectivity index (χ2v) is 18.9. The normalized spacial score (nSPS) is 19.6. The van der Waals surface area contributed by atoms with Gasteiger partial charge in [-0.2, -0.15) is 4.39 Å². The van der Waals surface area contributed by atoms with E-state index in [1.807, 2.05) is 12.1 Å². The minimum absolute atomic E-state index is 0.0702. The summed E-state index contributed by atoms with van der Waals surface area (Å²) in [5.41, 5.74) is 2.54. The summed E-state index contributed by atoms with van der Waals surface area (Å²) in [6.45, 7) is 15.3. The van der Waals surface area contributed by atoms with Crippen molar-refractivity contribution in [2.75, 3.05) is 13.2 Å². The van der Waals surface area contributed by atoms with Crippen LogP contribution >= 0.6 is 11.6 Å². The van der Waals surface area contributed by atoms with Crippen LogP contribution in [-0.4, -0.2) is 60.4 Å². The lowest BCUT2D eigenvalue weighted by Crippen LogP contribution is -2.48. The molecule has 0 saturated carbocycles. The molecule has 2 N–H and O–H groups in total. The van der Waals surface area contributed by atoms with Crippen LogP contribution in [0.4, 0.5) is 4.39 Å². The van der Waals surface area contributed by atoms with Crippen LogP contribution in [-0.2, 0) is 39.6 Å². The van der Waals surface area contributed by atoms with E-state index >= 15 is 4.39 Å². The van der Waals surface area contributed by atoms with Gasteiger partial charge in [-0.15, -0.1) is 0 Å². The first-order chi connectivity index (χ1) is 21.2. The molecule has 0 amide bonds. The second kappa shape index (κ2) is 14.9. The molecule has 1 fully saturated rings. The lowest BCUT2D eigenvalue weighted by Gasteiger charge is -2.37. The molecule has 12 nitrogen and oxygen atoms in total. The highest BCUT2D eigenvalue weighted by Gasteiger charge is 2.43. The SMILES string of the molecule is CC(C)(C)OC(=O)C(OC(=O)CCN)n1c(=O)c(F)cn([C@@H]2CC(OCc3ccc(Cl)cc3)[C@H](CO[Si](C)(C)C(C)(C)C)O2)c1=O. The fourth-order valence-corrected chi connectivity index (χ4v) is 5.46. The van der Waals surface area contributed by atoms with Gasteiger partial charge in [0.25, 0.3) is 11.8 Å².